The second kappa shape index (κ2) is 11.1. The van der Waals surface area contributed by atoms with Crippen LogP contribution in [0.2, 0.25) is 0 Å². The molecule has 0 saturated carbocycles. The van der Waals surface area contributed by atoms with E-state index < -0.39 is 11.9 Å². The van der Waals surface area contributed by atoms with Gasteiger partial charge in [0, 0.05) is 38.5 Å². The Bertz CT molecular complexity index is 993. The fourth-order valence-corrected chi connectivity index (χ4v) is 3.35. The molecule has 2 aromatic heterocycles. The SMILES string of the molecule is COCc1noc(C2=CCCN(OC(=O)C(=O)ON3CCC=C(c4nc(COC)no4)C3)C2)n1. The molecule has 2 aromatic rings. The number of hydroxylamine groups is 4. The quantitative estimate of drug-likeness (QED) is 0.486. The minimum absolute atomic E-state index is 0.186. The number of ether oxygens (including phenoxy) is 2. The molecule has 0 bridgehead atoms. The van der Waals surface area contributed by atoms with E-state index in [2.05, 4.69) is 20.3 Å². The lowest BCUT2D eigenvalue weighted by Crippen LogP contribution is -2.39. The maximum Gasteiger partial charge on any atom is 0.438 e. The summed E-state index contributed by atoms with van der Waals surface area (Å²) in [5.74, 6) is -0.857. The third-order valence-corrected chi connectivity index (χ3v) is 4.86. The van der Waals surface area contributed by atoms with Gasteiger partial charge in [-0.25, -0.2) is 9.59 Å². The van der Waals surface area contributed by atoms with Crippen molar-refractivity contribution in [1.29, 1.82) is 0 Å². The lowest BCUT2D eigenvalue weighted by atomic mass is 10.1. The van der Waals surface area contributed by atoms with Crippen LogP contribution in [0.3, 0.4) is 0 Å². The molecule has 182 valence electrons. The summed E-state index contributed by atoms with van der Waals surface area (Å²) in [6, 6.07) is 0. The molecule has 0 aromatic carbocycles. The number of nitrogens with zero attached hydrogens (tertiary/aromatic N) is 6. The van der Waals surface area contributed by atoms with Crippen LogP contribution in [0.15, 0.2) is 21.2 Å². The molecule has 34 heavy (non-hydrogen) atoms. The number of carbonyl (C=O) groups excluding carboxylic acids is 2. The van der Waals surface area contributed by atoms with Crippen molar-refractivity contribution in [3.63, 3.8) is 0 Å². The average Bonchev–Trinajstić information content (AvgIpc) is 3.50. The molecule has 0 spiro atoms. The first-order valence-electron chi connectivity index (χ1n) is 10.5. The normalized spacial score (nSPS) is 17.2. The molecule has 4 heterocycles. The number of carbonyl (C=O) groups is 2. The first kappa shape index (κ1) is 23.7. The minimum atomic E-state index is -1.14. The van der Waals surface area contributed by atoms with Gasteiger partial charge in [0.25, 0.3) is 11.8 Å². The molecule has 2 aliphatic rings. The first-order valence-corrected chi connectivity index (χ1v) is 10.5. The molecule has 0 saturated heterocycles. The van der Waals surface area contributed by atoms with Crippen LogP contribution >= 0.6 is 0 Å². The van der Waals surface area contributed by atoms with Gasteiger partial charge in [-0.1, -0.05) is 22.5 Å². The van der Waals surface area contributed by atoms with Gasteiger partial charge in [-0.15, -0.1) is 10.1 Å². The maximum atomic E-state index is 12.3. The predicted molar refractivity (Wildman–Crippen MR) is 111 cm³/mol. The highest BCUT2D eigenvalue weighted by atomic mass is 16.8. The second-order valence-electron chi connectivity index (χ2n) is 7.42. The molecule has 0 radical (unpaired) electrons. The fraction of sp³-hybridized carbons (Fsp3) is 0.500. The van der Waals surface area contributed by atoms with Gasteiger partial charge in [-0.2, -0.15) is 9.97 Å². The summed E-state index contributed by atoms with van der Waals surface area (Å²) >= 11 is 0. The highest BCUT2D eigenvalue weighted by molar-refractivity contribution is 6.29. The van der Waals surface area contributed by atoms with Crippen molar-refractivity contribution in [2.45, 2.75) is 26.1 Å². The Labute approximate surface area is 194 Å². The molecule has 0 atom stereocenters. The van der Waals surface area contributed by atoms with Crippen LogP contribution in [0.4, 0.5) is 0 Å². The number of rotatable bonds is 8. The Morgan fingerprint density at radius 2 is 1.26 bits per heavy atom. The first-order chi connectivity index (χ1) is 16.6. The Morgan fingerprint density at radius 3 is 1.68 bits per heavy atom. The smallest absolute Gasteiger partial charge is 0.377 e. The molecule has 14 nitrogen and oxygen atoms in total. The molecule has 0 aliphatic carbocycles. The zero-order valence-electron chi connectivity index (χ0n) is 18.8. The van der Waals surface area contributed by atoms with Crippen LogP contribution in [-0.2, 0) is 42.0 Å². The van der Waals surface area contributed by atoms with E-state index in [9.17, 15) is 9.59 Å². The standard InChI is InChI=1S/C20H24N6O8/c1-29-11-15-21-17(31-23-15)13-5-3-7-25(9-13)33-19(27)20(28)34-26-8-4-6-14(10-26)18-22-16(12-30-2)24-32-18/h5-6H,3-4,7-12H2,1-2H3. The van der Waals surface area contributed by atoms with Gasteiger partial charge < -0.3 is 28.2 Å². The van der Waals surface area contributed by atoms with Crippen LogP contribution in [0.5, 0.6) is 0 Å². The summed E-state index contributed by atoms with van der Waals surface area (Å²) in [5, 5.41) is 10.3. The fourth-order valence-electron chi connectivity index (χ4n) is 3.35. The number of hydrogen-bond acceptors (Lipinski definition) is 14. The van der Waals surface area contributed by atoms with Gasteiger partial charge in [0.2, 0.25) is 0 Å². The van der Waals surface area contributed by atoms with Gasteiger partial charge in [0.15, 0.2) is 11.6 Å². The molecule has 0 amide bonds. The van der Waals surface area contributed by atoms with Crippen molar-refractivity contribution in [2.24, 2.45) is 0 Å². The number of aromatic nitrogens is 4. The van der Waals surface area contributed by atoms with Crippen LogP contribution in [0.25, 0.3) is 11.1 Å². The number of hydrogen-bond donors (Lipinski definition) is 0. The highest BCUT2D eigenvalue weighted by Gasteiger charge is 2.29. The van der Waals surface area contributed by atoms with Gasteiger partial charge in [-0.3, -0.25) is 0 Å². The van der Waals surface area contributed by atoms with Gasteiger partial charge in [0.1, 0.15) is 13.2 Å². The van der Waals surface area contributed by atoms with Crippen molar-refractivity contribution in [1.82, 2.24) is 30.4 Å². The zero-order chi connectivity index (χ0) is 23.9. The van der Waals surface area contributed by atoms with Crippen LogP contribution in [-0.4, -0.2) is 82.7 Å². The van der Waals surface area contributed by atoms with Crippen molar-refractivity contribution in [3.05, 3.63) is 35.6 Å². The van der Waals surface area contributed by atoms with Gasteiger partial charge in [0.05, 0.1) is 13.1 Å². The molecule has 0 unspecified atom stereocenters. The van der Waals surface area contributed by atoms with E-state index in [0.29, 0.717) is 60.5 Å². The Morgan fingerprint density at radius 1 is 0.824 bits per heavy atom. The molecular weight excluding hydrogens is 452 g/mol. The summed E-state index contributed by atoms with van der Waals surface area (Å²) in [4.78, 5) is 43.5. The minimum Gasteiger partial charge on any atom is -0.377 e. The van der Waals surface area contributed by atoms with Crippen molar-refractivity contribution < 1.29 is 37.8 Å². The summed E-state index contributed by atoms with van der Waals surface area (Å²) in [5.41, 5.74) is 1.36. The van der Waals surface area contributed by atoms with Crippen molar-refractivity contribution >= 4 is 23.1 Å². The Balaban J connectivity index is 1.27. The van der Waals surface area contributed by atoms with Gasteiger partial charge in [-0.05, 0) is 12.8 Å². The van der Waals surface area contributed by atoms with E-state index in [1.165, 1.54) is 24.3 Å². The average molecular weight is 476 g/mol. The van der Waals surface area contributed by atoms with E-state index in [-0.39, 0.29) is 26.3 Å². The van der Waals surface area contributed by atoms with Crippen LogP contribution in [0.1, 0.15) is 36.3 Å². The Hall–Kier alpha value is -3.46. The van der Waals surface area contributed by atoms with E-state index in [1.54, 1.807) is 0 Å². The molecule has 2 aliphatic heterocycles. The van der Waals surface area contributed by atoms with E-state index in [1.807, 2.05) is 12.2 Å². The van der Waals surface area contributed by atoms with Crippen LogP contribution in [0, 0.1) is 0 Å². The third kappa shape index (κ3) is 5.91. The summed E-state index contributed by atoms with van der Waals surface area (Å²) in [6.07, 6.45) is 4.94. The molecule has 14 heteroatoms. The van der Waals surface area contributed by atoms with E-state index in [4.69, 9.17) is 28.2 Å². The topological polar surface area (TPSA) is 155 Å². The molecule has 0 N–H and O–H groups in total. The van der Waals surface area contributed by atoms with E-state index >= 15 is 0 Å². The van der Waals surface area contributed by atoms with Crippen LogP contribution < -0.4 is 0 Å². The second-order valence-corrected chi connectivity index (χ2v) is 7.42. The third-order valence-electron chi connectivity index (χ3n) is 4.86. The van der Waals surface area contributed by atoms with Gasteiger partial charge >= 0.3 is 11.9 Å². The lowest BCUT2D eigenvalue weighted by molar-refractivity contribution is -0.215. The zero-order valence-corrected chi connectivity index (χ0v) is 18.8. The summed E-state index contributed by atoms with van der Waals surface area (Å²) < 4.78 is 20.4. The van der Waals surface area contributed by atoms with Crippen molar-refractivity contribution in [2.75, 3.05) is 40.4 Å². The van der Waals surface area contributed by atoms with Crippen molar-refractivity contribution in [3.8, 4) is 0 Å². The molecule has 4 rings (SSSR count). The highest BCUT2D eigenvalue weighted by Crippen LogP contribution is 2.21. The van der Waals surface area contributed by atoms with E-state index in [0.717, 1.165) is 0 Å². The Kier molecular flexibility index (Phi) is 7.74. The monoisotopic (exact) mass is 476 g/mol. The summed E-state index contributed by atoms with van der Waals surface area (Å²) in [7, 11) is 3.06. The maximum absolute atomic E-state index is 12.3. The summed E-state index contributed by atoms with van der Waals surface area (Å²) in [6.45, 7) is 1.61. The lowest BCUT2D eigenvalue weighted by Gasteiger charge is -2.26. The predicted octanol–water partition coefficient (Wildman–Crippen LogP) is 0.540. The molecular formula is C20H24N6O8. The largest absolute Gasteiger partial charge is 0.438 e. The molecule has 0 fully saturated rings. The number of methoxy groups -OCH3 is 2.